The topological polar surface area (TPSA) is 74.8 Å². The summed E-state index contributed by atoms with van der Waals surface area (Å²) in [5.41, 5.74) is 4.85. The molecule has 2 aromatic carbocycles. The Morgan fingerprint density at radius 3 is 2.35 bits per heavy atom. The Morgan fingerprint density at radius 2 is 1.65 bits per heavy atom. The van der Waals surface area contributed by atoms with Gasteiger partial charge in [-0.25, -0.2) is 18.1 Å². The summed E-state index contributed by atoms with van der Waals surface area (Å²) in [6.45, 7) is 0. The summed E-state index contributed by atoms with van der Waals surface area (Å²) in [4.78, 5) is 7.93. The van der Waals surface area contributed by atoms with E-state index < -0.39 is 10.0 Å². The van der Waals surface area contributed by atoms with Gasteiger partial charge in [-0.15, -0.1) is 0 Å². The van der Waals surface area contributed by atoms with Gasteiger partial charge in [0, 0.05) is 28.9 Å². The standard InChI is InChI=1S/C20H17N3O2S/c1-21-26(24,25)17-9-7-15(8-10-17)19-13-23-20-18(19)11-16(12-22-20)14-5-3-2-4-6-14/h2-13,21H,1H3,(H,22,23). The number of rotatable bonds is 4. The van der Waals surface area contributed by atoms with Gasteiger partial charge in [-0.05, 0) is 36.4 Å². The number of H-pyrrole nitrogens is 1. The zero-order valence-corrected chi connectivity index (χ0v) is 14.9. The lowest BCUT2D eigenvalue weighted by molar-refractivity contribution is 0.588. The van der Waals surface area contributed by atoms with Crippen LogP contribution in [0.15, 0.2) is 78.0 Å². The zero-order chi connectivity index (χ0) is 18.1. The second-order valence-electron chi connectivity index (χ2n) is 5.92. The lowest BCUT2D eigenvalue weighted by atomic mass is 10.0. The first-order valence-corrected chi connectivity index (χ1v) is 9.63. The highest BCUT2D eigenvalue weighted by molar-refractivity contribution is 7.89. The summed E-state index contributed by atoms with van der Waals surface area (Å²) in [5.74, 6) is 0. The summed E-state index contributed by atoms with van der Waals surface area (Å²) >= 11 is 0. The molecule has 130 valence electrons. The second kappa shape index (κ2) is 6.40. The predicted octanol–water partition coefficient (Wildman–Crippen LogP) is 3.81. The fourth-order valence-electron chi connectivity index (χ4n) is 2.96. The monoisotopic (exact) mass is 363 g/mol. The van der Waals surface area contributed by atoms with Gasteiger partial charge in [-0.1, -0.05) is 42.5 Å². The maximum absolute atomic E-state index is 11.9. The summed E-state index contributed by atoms with van der Waals surface area (Å²) < 4.78 is 26.1. The third-order valence-electron chi connectivity index (χ3n) is 4.38. The van der Waals surface area contributed by atoms with Crippen LogP contribution in [0.25, 0.3) is 33.3 Å². The van der Waals surface area contributed by atoms with Crippen molar-refractivity contribution in [1.29, 1.82) is 0 Å². The number of aromatic nitrogens is 2. The third kappa shape index (κ3) is 2.89. The number of aromatic amines is 1. The van der Waals surface area contributed by atoms with E-state index in [1.807, 2.05) is 54.9 Å². The molecule has 4 rings (SSSR count). The van der Waals surface area contributed by atoms with Crippen LogP contribution in [0.2, 0.25) is 0 Å². The van der Waals surface area contributed by atoms with Crippen molar-refractivity contribution in [3.05, 3.63) is 73.1 Å². The first-order valence-electron chi connectivity index (χ1n) is 8.15. The van der Waals surface area contributed by atoms with Crippen LogP contribution in [0.1, 0.15) is 0 Å². The molecule has 0 bridgehead atoms. The summed E-state index contributed by atoms with van der Waals surface area (Å²) in [5, 5.41) is 0.996. The molecule has 6 heteroatoms. The number of hydrogen-bond acceptors (Lipinski definition) is 3. The van der Waals surface area contributed by atoms with Crippen LogP contribution in [-0.4, -0.2) is 25.4 Å². The van der Waals surface area contributed by atoms with Gasteiger partial charge in [0.1, 0.15) is 5.65 Å². The van der Waals surface area contributed by atoms with Crippen molar-refractivity contribution in [2.75, 3.05) is 7.05 Å². The van der Waals surface area contributed by atoms with E-state index >= 15 is 0 Å². The minimum Gasteiger partial charge on any atom is -0.346 e. The van der Waals surface area contributed by atoms with Gasteiger partial charge in [-0.2, -0.15) is 0 Å². The van der Waals surface area contributed by atoms with Crippen LogP contribution in [0.5, 0.6) is 0 Å². The molecule has 0 amide bonds. The number of nitrogens with one attached hydrogen (secondary N) is 2. The van der Waals surface area contributed by atoms with Crippen molar-refractivity contribution in [1.82, 2.24) is 14.7 Å². The molecule has 2 N–H and O–H groups in total. The maximum atomic E-state index is 11.9. The van der Waals surface area contributed by atoms with Gasteiger partial charge in [0.2, 0.25) is 10.0 Å². The highest BCUT2D eigenvalue weighted by Gasteiger charge is 2.13. The minimum absolute atomic E-state index is 0.242. The number of nitrogens with zero attached hydrogens (tertiary/aromatic N) is 1. The minimum atomic E-state index is -3.44. The SMILES string of the molecule is CNS(=O)(=O)c1ccc(-c2c[nH]c3ncc(-c4ccccc4)cc23)cc1. The molecule has 5 nitrogen and oxygen atoms in total. The van der Waals surface area contributed by atoms with E-state index in [4.69, 9.17) is 0 Å². The molecule has 0 fully saturated rings. The van der Waals surface area contributed by atoms with Gasteiger partial charge in [-0.3, -0.25) is 0 Å². The third-order valence-corrected chi connectivity index (χ3v) is 5.81. The average molecular weight is 363 g/mol. The molecule has 0 saturated carbocycles. The van der Waals surface area contributed by atoms with Crippen molar-refractivity contribution in [2.24, 2.45) is 0 Å². The van der Waals surface area contributed by atoms with Crippen LogP contribution >= 0.6 is 0 Å². The molecule has 2 aromatic heterocycles. The Balaban J connectivity index is 1.80. The van der Waals surface area contributed by atoms with Crippen molar-refractivity contribution in [2.45, 2.75) is 4.90 Å². The van der Waals surface area contributed by atoms with E-state index in [1.54, 1.807) is 12.1 Å². The Kier molecular flexibility index (Phi) is 4.06. The van der Waals surface area contributed by atoms with Crippen LogP contribution in [0.4, 0.5) is 0 Å². The molecule has 0 radical (unpaired) electrons. The Labute approximate surface area is 151 Å². The molecule has 2 heterocycles. The number of hydrogen-bond donors (Lipinski definition) is 2. The molecule has 0 spiro atoms. The highest BCUT2D eigenvalue weighted by Crippen LogP contribution is 2.31. The fourth-order valence-corrected chi connectivity index (χ4v) is 3.69. The first kappa shape index (κ1) is 16.5. The number of fused-ring (bicyclic) bond motifs is 1. The first-order chi connectivity index (χ1) is 12.6. The fraction of sp³-hybridized carbons (Fsp3) is 0.0500. The Morgan fingerprint density at radius 1 is 0.923 bits per heavy atom. The number of pyridine rings is 1. The highest BCUT2D eigenvalue weighted by atomic mass is 32.2. The van der Waals surface area contributed by atoms with E-state index in [1.165, 1.54) is 7.05 Å². The van der Waals surface area contributed by atoms with Gasteiger partial charge >= 0.3 is 0 Å². The largest absolute Gasteiger partial charge is 0.346 e. The maximum Gasteiger partial charge on any atom is 0.240 e. The van der Waals surface area contributed by atoms with Gasteiger partial charge in [0.25, 0.3) is 0 Å². The molecule has 4 aromatic rings. The van der Waals surface area contributed by atoms with Crippen molar-refractivity contribution in [3.8, 4) is 22.3 Å². The van der Waals surface area contributed by atoms with E-state index in [2.05, 4.69) is 20.8 Å². The normalized spacial score (nSPS) is 11.7. The van der Waals surface area contributed by atoms with E-state index in [0.29, 0.717) is 0 Å². The van der Waals surface area contributed by atoms with E-state index in [-0.39, 0.29) is 4.90 Å². The molecule has 0 aliphatic heterocycles. The molecule has 0 aliphatic carbocycles. The molecular formula is C20H17N3O2S. The molecule has 0 saturated heterocycles. The quantitative estimate of drug-likeness (QED) is 0.579. The number of sulfonamides is 1. The molecule has 0 atom stereocenters. The summed E-state index contributed by atoms with van der Waals surface area (Å²) in [6.07, 6.45) is 3.74. The van der Waals surface area contributed by atoms with Crippen LogP contribution < -0.4 is 4.72 Å². The zero-order valence-electron chi connectivity index (χ0n) is 14.1. The second-order valence-corrected chi connectivity index (χ2v) is 7.81. The Hall–Kier alpha value is -2.96. The lowest BCUT2D eigenvalue weighted by Crippen LogP contribution is -2.18. The Bertz CT molecular complexity index is 1160. The van der Waals surface area contributed by atoms with Crippen LogP contribution in [-0.2, 0) is 10.0 Å². The van der Waals surface area contributed by atoms with Crippen molar-refractivity contribution in [3.63, 3.8) is 0 Å². The summed E-state index contributed by atoms with van der Waals surface area (Å²) in [7, 11) is -2.04. The number of benzene rings is 2. The summed E-state index contributed by atoms with van der Waals surface area (Å²) in [6, 6.07) is 19.0. The van der Waals surface area contributed by atoms with E-state index in [9.17, 15) is 8.42 Å². The van der Waals surface area contributed by atoms with Gasteiger partial charge < -0.3 is 4.98 Å². The van der Waals surface area contributed by atoms with Crippen LogP contribution in [0, 0.1) is 0 Å². The predicted molar refractivity (Wildman–Crippen MR) is 103 cm³/mol. The molecule has 0 aliphatic rings. The van der Waals surface area contributed by atoms with Gasteiger partial charge in [0.15, 0.2) is 0 Å². The average Bonchev–Trinajstić information content (AvgIpc) is 3.12. The molecule has 0 unspecified atom stereocenters. The smallest absolute Gasteiger partial charge is 0.240 e. The van der Waals surface area contributed by atoms with E-state index in [0.717, 1.165) is 33.3 Å². The molecule has 26 heavy (non-hydrogen) atoms. The van der Waals surface area contributed by atoms with Crippen molar-refractivity contribution < 1.29 is 8.42 Å². The van der Waals surface area contributed by atoms with Crippen LogP contribution in [0.3, 0.4) is 0 Å². The molecular weight excluding hydrogens is 346 g/mol. The van der Waals surface area contributed by atoms with Gasteiger partial charge in [0.05, 0.1) is 4.90 Å². The van der Waals surface area contributed by atoms with Crippen molar-refractivity contribution >= 4 is 21.1 Å². The lowest BCUT2D eigenvalue weighted by Gasteiger charge is -2.05.